The maximum atomic E-state index is 11.2. The molecule has 0 saturated carbocycles. The van der Waals surface area contributed by atoms with Crippen molar-refractivity contribution < 1.29 is 14.3 Å². The topological polar surface area (TPSA) is 35.5 Å². The van der Waals surface area contributed by atoms with Crippen LogP contribution >= 0.6 is 11.3 Å². The molecule has 4 heteroatoms. The van der Waals surface area contributed by atoms with Gasteiger partial charge in [-0.05, 0) is 65.6 Å². The molecule has 0 N–H and O–H groups in total. The second-order valence-corrected chi connectivity index (χ2v) is 9.45. The van der Waals surface area contributed by atoms with Crippen molar-refractivity contribution in [2.75, 3.05) is 13.2 Å². The normalized spacial score (nSPS) is 12.0. The third-order valence-corrected chi connectivity index (χ3v) is 6.72. The highest BCUT2D eigenvalue weighted by atomic mass is 32.1. The van der Waals surface area contributed by atoms with Crippen LogP contribution in [0.15, 0.2) is 55.1 Å². The van der Waals surface area contributed by atoms with Crippen LogP contribution in [-0.4, -0.2) is 19.2 Å². The van der Waals surface area contributed by atoms with Gasteiger partial charge in [-0.1, -0.05) is 58.4 Å². The van der Waals surface area contributed by atoms with Crippen LogP contribution in [0.1, 0.15) is 51.2 Å². The van der Waals surface area contributed by atoms with E-state index >= 15 is 0 Å². The number of rotatable bonds is 12. The van der Waals surface area contributed by atoms with E-state index < -0.39 is 5.97 Å². The van der Waals surface area contributed by atoms with Crippen LogP contribution in [0, 0.1) is 5.92 Å². The van der Waals surface area contributed by atoms with Crippen molar-refractivity contribution in [1.82, 2.24) is 0 Å². The molecule has 0 aliphatic carbocycles. The van der Waals surface area contributed by atoms with Crippen molar-refractivity contribution in [2.24, 2.45) is 5.92 Å². The second kappa shape index (κ2) is 11.9. The van der Waals surface area contributed by atoms with Gasteiger partial charge in [-0.3, -0.25) is 0 Å². The summed E-state index contributed by atoms with van der Waals surface area (Å²) in [5.74, 6) is 0.552. The van der Waals surface area contributed by atoms with E-state index in [4.69, 9.17) is 9.47 Å². The molecule has 0 amide bonds. The minimum Gasteiger partial charge on any atom is -0.493 e. The Bertz CT molecular complexity index is 1050. The predicted molar refractivity (Wildman–Crippen MR) is 136 cm³/mol. The summed E-state index contributed by atoms with van der Waals surface area (Å²) in [7, 11) is 0. The van der Waals surface area contributed by atoms with Gasteiger partial charge in [0.1, 0.15) is 5.75 Å². The van der Waals surface area contributed by atoms with Crippen molar-refractivity contribution in [3.8, 4) is 16.2 Å². The van der Waals surface area contributed by atoms with E-state index in [0.29, 0.717) is 13.2 Å². The van der Waals surface area contributed by atoms with Gasteiger partial charge in [0.2, 0.25) is 0 Å². The predicted octanol–water partition coefficient (Wildman–Crippen LogP) is 7.61. The SMILES string of the molecule is C=CC(=O)OCC(C)COc1ccc2cc(-c3ccc(CCCCC)cc3CC)sc2c1. The summed E-state index contributed by atoms with van der Waals surface area (Å²) in [6, 6.07) is 15.5. The molecule has 0 aliphatic heterocycles. The molecule has 170 valence electrons. The average Bonchev–Trinajstić information content (AvgIpc) is 3.24. The van der Waals surface area contributed by atoms with Crippen LogP contribution in [0.2, 0.25) is 0 Å². The molecule has 1 aromatic heterocycles. The van der Waals surface area contributed by atoms with Crippen LogP contribution in [0.4, 0.5) is 0 Å². The Morgan fingerprint density at radius 3 is 2.69 bits per heavy atom. The maximum absolute atomic E-state index is 11.2. The second-order valence-electron chi connectivity index (χ2n) is 8.36. The number of thiophene rings is 1. The molecule has 1 unspecified atom stereocenters. The summed E-state index contributed by atoms with van der Waals surface area (Å²) in [6.07, 6.45) is 7.20. The zero-order valence-corrected chi connectivity index (χ0v) is 20.3. The molecule has 0 saturated heterocycles. The summed E-state index contributed by atoms with van der Waals surface area (Å²) in [5, 5.41) is 1.24. The van der Waals surface area contributed by atoms with Crippen LogP contribution in [0.25, 0.3) is 20.5 Å². The van der Waals surface area contributed by atoms with Crippen molar-refractivity contribution in [3.05, 3.63) is 66.2 Å². The summed E-state index contributed by atoms with van der Waals surface area (Å²) >= 11 is 1.81. The minimum atomic E-state index is -0.398. The van der Waals surface area contributed by atoms with Crippen molar-refractivity contribution in [1.29, 1.82) is 0 Å². The number of benzene rings is 2. The molecule has 3 aromatic rings. The molecule has 3 nitrogen and oxygen atoms in total. The van der Waals surface area contributed by atoms with Crippen LogP contribution in [-0.2, 0) is 22.4 Å². The molecular formula is C28H34O3S. The highest BCUT2D eigenvalue weighted by molar-refractivity contribution is 7.22. The lowest BCUT2D eigenvalue weighted by molar-refractivity contribution is -0.139. The third kappa shape index (κ3) is 6.46. The van der Waals surface area contributed by atoms with Gasteiger partial charge in [0.15, 0.2) is 0 Å². The number of aryl methyl sites for hydroxylation is 2. The summed E-state index contributed by atoms with van der Waals surface area (Å²) < 4.78 is 12.3. The molecule has 0 aliphatic rings. The molecule has 0 spiro atoms. The number of unbranched alkanes of at least 4 members (excludes halogenated alkanes) is 2. The zero-order valence-electron chi connectivity index (χ0n) is 19.5. The lowest BCUT2D eigenvalue weighted by atomic mass is 9.98. The van der Waals surface area contributed by atoms with Crippen LogP contribution < -0.4 is 4.74 Å². The molecule has 1 heterocycles. The van der Waals surface area contributed by atoms with Gasteiger partial charge in [0.25, 0.3) is 0 Å². The Morgan fingerprint density at radius 1 is 1.09 bits per heavy atom. The highest BCUT2D eigenvalue weighted by Crippen LogP contribution is 2.37. The largest absolute Gasteiger partial charge is 0.493 e. The number of carbonyl (C=O) groups is 1. The summed E-state index contributed by atoms with van der Waals surface area (Å²) in [6.45, 7) is 10.7. The Kier molecular flexibility index (Phi) is 8.92. The Balaban J connectivity index is 1.70. The van der Waals surface area contributed by atoms with Crippen molar-refractivity contribution in [2.45, 2.75) is 52.9 Å². The number of carbonyl (C=O) groups excluding carboxylic acids is 1. The highest BCUT2D eigenvalue weighted by Gasteiger charge is 2.11. The van der Waals surface area contributed by atoms with Gasteiger partial charge in [-0.2, -0.15) is 0 Å². The smallest absolute Gasteiger partial charge is 0.330 e. The van der Waals surface area contributed by atoms with Crippen molar-refractivity contribution in [3.63, 3.8) is 0 Å². The van der Waals surface area contributed by atoms with E-state index in [9.17, 15) is 4.79 Å². The molecule has 3 rings (SSSR count). The number of hydrogen-bond acceptors (Lipinski definition) is 4. The average molecular weight is 451 g/mol. The molecule has 0 radical (unpaired) electrons. The first-order valence-electron chi connectivity index (χ1n) is 11.6. The van der Waals surface area contributed by atoms with E-state index in [2.05, 4.69) is 56.8 Å². The minimum absolute atomic E-state index is 0.108. The Hall–Kier alpha value is -2.59. The van der Waals surface area contributed by atoms with Gasteiger partial charge in [0.05, 0.1) is 13.2 Å². The molecule has 0 fully saturated rings. The fraction of sp³-hybridized carbons (Fsp3) is 0.393. The van der Waals surface area contributed by atoms with Gasteiger partial charge in [-0.25, -0.2) is 4.79 Å². The van der Waals surface area contributed by atoms with Gasteiger partial charge in [0, 0.05) is 21.6 Å². The van der Waals surface area contributed by atoms with E-state index in [0.717, 1.165) is 12.2 Å². The fourth-order valence-electron chi connectivity index (χ4n) is 3.72. The quantitative estimate of drug-likeness (QED) is 0.162. The lowest BCUT2D eigenvalue weighted by Crippen LogP contribution is -2.16. The number of hydrogen-bond donors (Lipinski definition) is 0. The molecule has 2 aromatic carbocycles. The van der Waals surface area contributed by atoms with Crippen molar-refractivity contribution >= 4 is 27.4 Å². The molecular weight excluding hydrogens is 416 g/mol. The van der Waals surface area contributed by atoms with Gasteiger partial charge < -0.3 is 9.47 Å². The van der Waals surface area contributed by atoms with Crippen LogP contribution in [0.5, 0.6) is 5.75 Å². The monoisotopic (exact) mass is 450 g/mol. The van der Waals surface area contributed by atoms with E-state index in [-0.39, 0.29) is 5.92 Å². The van der Waals surface area contributed by atoms with Crippen LogP contribution in [0.3, 0.4) is 0 Å². The number of ether oxygens (including phenoxy) is 2. The first-order chi connectivity index (χ1) is 15.5. The lowest BCUT2D eigenvalue weighted by Gasteiger charge is -2.13. The summed E-state index contributed by atoms with van der Waals surface area (Å²) in [5.41, 5.74) is 4.21. The standard InChI is InChI=1S/C28H34O3S/c1-5-8-9-10-21-11-14-25(22(6-2)15-21)27-16-23-12-13-24(17-26(23)32-27)30-18-20(4)19-31-28(29)7-3/h7,11-17,20H,3,5-6,8-10,18-19H2,1-2,4H3. The van der Waals surface area contributed by atoms with Gasteiger partial charge >= 0.3 is 5.97 Å². The van der Waals surface area contributed by atoms with E-state index in [1.165, 1.54) is 63.4 Å². The van der Waals surface area contributed by atoms with E-state index in [1.54, 1.807) is 0 Å². The third-order valence-electron chi connectivity index (χ3n) is 5.59. The number of fused-ring (bicyclic) bond motifs is 1. The fourth-order valence-corrected chi connectivity index (χ4v) is 4.87. The Labute approximate surface area is 196 Å². The maximum Gasteiger partial charge on any atom is 0.330 e. The first kappa shape index (κ1) is 24.1. The molecule has 0 bridgehead atoms. The number of esters is 1. The van der Waals surface area contributed by atoms with Gasteiger partial charge in [-0.15, -0.1) is 11.3 Å². The summed E-state index contributed by atoms with van der Waals surface area (Å²) in [4.78, 5) is 12.5. The molecule has 1 atom stereocenters. The first-order valence-corrected chi connectivity index (χ1v) is 12.4. The van der Waals surface area contributed by atoms with E-state index in [1.807, 2.05) is 24.3 Å². The molecule has 32 heavy (non-hydrogen) atoms. The zero-order chi connectivity index (χ0) is 22.9. The Morgan fingerprint density at radius 2 is 1.94 bits per heavy atom.